The summed E-state index contributed by atoms with van der Waals surface area (Å²) < 4.78 is 4.53. The van der Waals surface area contributed by atoms with Crippen LogP contribution in [-0.4, -0.2) is 13.1 Å². The van der Waals surface area contributed by atoms with Crippen LogP contribution in [0, 0.1) is 12.3 Å². The van der Waals surface area contributed by atoms with Crippen LogP contribution in [-0.2, 0) is 4.74 Å². The predicted molar refractivity (Wildman–Crippen MR) is 50.7 cm³/mol. The molecule has 2 nitrogen and oxygen atoms in total. The van der Waals surface area contributed by atoms with Gasteiger partial charge in [0.05, 0.1) is 17.7 Å². The molecule has 66 valence electrons. The zero-order chi connectivity index (χ0) is 9.84. The third-order valence-electron chi connectivity index (χ3n) is 1.54. The molecule has 1 aromatic carbocycles. The van der Waals surface area contributed by atoms with E-state index in [1.54, 1.807) is 12.1 Å². The van der Waals surface area contributed by atoms with Crippen LogP contribution in [0.2, 0.25) is 5.02 Å². The van der Waals surface area contributed by atoms with Gasteiger partial charge in [-0.15, -0.1) is 6.42 Å². The van der Waals surface area contributed by atoms with Gasteiger partial charge in [0.25, 0.3) is 0 Å². The topological polar surface area (TPSA) is 26.3 Å². The van der Waals surface area contributed by atoms with E-state index in [9.17, 15) is 4.79 Å². The summed E-state index contributed by atoms with van der Waals surface area (Å²) in [6.45, 7) is 0. The first-order valence-electron chi connectivity index (χ1n) is 3.53. The van der Waals surface area contributed by atoms with Crippen LogP contribution in [0.25, 0.3) is 0 Å². The second-order valence-electron chi connectivity index (χ2n) is 2.33. The SMILES string of the molecule is C#Cc1cc(C(=O)OC)ccc1Cl. The maximum absolute atomic E-state index is 11.1. The molecule has 0 radical (unpaired) electrons. The van der Waals surface area contributed by atoms with Crippen molar-refractivity contribution in [3.05, 3.63) is 34.3 Å². The average molecular weight is 195 g/mol. The molecular formula is C10H7ClO2. The van der Waals surface area contributed by atoms with Gasteiger partial charge in [0, 0.05) is 5.56 Å². The average Bonchev–Trinajstić information content (AvgIpc) is 2.17. The van der Waals surface area contributed by atoms with Gasteiger partial charge in [0.15, 0.2) is 0 Å². The van der Waals surface area contributed by atoms with Crippen molar-refractivity contribution in [3.8, 4) is 12.3 Å². The molecule has 0 unspecified atom stereocenters. The van der Waals surface area contributed by atoms with Crippen molar-refractivity contribution in [1.82, 2.24) is 0 Å². The first-order valence-corrected chi connectivity index (χ1v) is 3.91. The minimum atomic E-state index is -0.423. The maximum Gasteiger partial charge on any atom is 0.337 e. The number of hydrogen-bond acceptors (Lipinski definition) is 2. The lowest BCUT2D eigenvalue weighted by atomic mass is 10.1. The molecule has 0 aliphatic carbocycles. The first-order chi connectivity index (χ1) is 6.19. The van der Waals surface area contributed by atoms with E-state index in [2.05, 4.69) is 10.7 Å². The van der Waals surface area contributed by atoms with Crippen molar-refractivity contribution in [1.29, 1.82) is 0 Å². The highest BCUT2D eigenvalue weighted by molar-refractivity contribution is 6.31. The molecule has 1 rings (SSSR count). The molecule has 0 saturated carbocycles. The molecule has 0 spiro atoms. The van der Waals surface area contributed by atoms with Gasteiger partial charge in [0.1, 0.15) is 0 Å². The molecule has 0 aliphatic heterocycles. The third-order valence-corrected chi connectivity index (χ3v) is 1.87. The van der Waals surface area contributed by atoms with E-state index in [-0.39, 0.29) is 0 Å². The normalized spacial score (nSPS) is 9.00. The highest BCUT2D eigenvalue weighted by atomic mass is 35.5. The van der Waals surface area contributed by atoms with Gasteiger partial charge < -0.3 is 4.74 Å². The fourth-order valence-corrected chi connectivity index (χ4v) is 1.05. The van der Waals surface area contributed by atoms with Crippen LogP contribution >= 0.6 is 11.6 Å². The molecule has 3 heteroatoms. The zero-order valence-corrected chi connectivity index (χ0v) is 7.76. The van der Waals surface area contributed by atoms with Crippen molar-refractivity contribution < 1.29 is 9.53 Å². The van der Waals surface area contributed by atoms with E-state index in [4.69, 9.17) is 18.0 Å². The smallest absolute Gasteiger partial charge is 0.337 e. The number of halogens is 1. The lowest BCUT2D eigenvalue weighted by molar-refractivity contribution is 0.0600. The fraction of sp³-hybridized carbons (Fsp3) is 0.100. The molecule has 0 fully saturated rings. The number of methoxy groups -OCH3 is 1. The number of rotatable bonds is 1. The first kappa shape index (κ1) is 9.63. The summed E-state index contributed by atoms with van der Waals surface area (Å²) in [7, 11) is 1.31. The molecule has 0 amide bonds. The second kappa shape index (κ2) is 3.97. The van der Waals surface area contributed by atoms with Crippen molar-refractivity contribution in [2.24, 2.45) is 0 Å². The number of carbonyl (C=O) groups is 1. The maximum atomic E-state index is 11.1. The Bertz CT molecular complexity index is 377. The standard InChI is InChI=1S/C10H7ClO2/c1-3-7-6-8(10(12)13-2)4-5-9(7)11/h1,4-6H,2H3. The van der Waals surface area contributed by atoms with Gasteiger partial charge in [-0.05, 0) is 18.2 Å². The van der Waals surface area contributed by atoms with Gasteiger partial charge in [-0.2, -0.15) is 0 Å². The monoisotopic (exact) mass is 194 g/mol. The van der Waals surface area contributed by atoms with Gasteiger partial charge in [-0.1, -0.05) is 17.5 Å². The number of carbonyl (C=O) groups excluding carboxylic acids is 1. The van der Waals surface area contributed by atoms with E-state index in [1.807, 2.05) is 0 Å². The van der Waals surface area contributed by atoms with Gasteiger partial charge in [0.2, 0.25) is 0 Å². The minimum absolute atomic E-state index is 0.403. The number of esters is 1. The summed E-state index contributed by atoms with van der Waals surface area (Å²) in [6.07, 6.45) is 5.17. The molecule has 0 atom stereocenters. The van der Waals surface area contributed by atoms with Crippen LogP contribution < -0.4 is 0 Å². The Labute approximate surface area is 81.5 Å². The molecule has 0 aromatic heterocycles. The molecule has 0 N–H and O–H groups in total. The van der Waals surface area contributed by atoms with Crippen LogP contribution in [0.1, 0.15) is 15.9 Å². The molecule has 0 aliphatic rings. The van der Waals surface area contributed by atoms with Crippen LogP contribution in [0.3, 0.4) is 0 Å². The van der Waals surface area contributed by atoms with Crippen molar-refractivity contribution in [2.75, 3.05) is 7.11 Å². The molecule has 13 heavy (non-hydrogen) atoms. The fourth-order valence-electron chi connectivity index (χ4n) is 0.881. The largest absolute Gasteiger partial charge is 0.465 e. The lowest BCUT2D eigenvalue weighted by Crippen LogP contribution is -2.01. The quantitative estimate of drug-likeness (QED) is 0.506. The summed E-state index contributed by atoms with van der Waals surface area (Å²) in [5.74, 6) is 1.95. The Morgan fingerprint density at radius 3 is 2.85 bits per heavy atom. The highest BCUT2D eigenvalue weighted by Gasteiger charge is 2.06. The summed E-state index contributed by atoms with van der Waals surface area (Å²) >= 11 is 5.75. The van der Waals surface area contributed by atoms with E-state index in [0.29, 0.717) is 16.1 Å². The molecule has 0 bridgehead atoms. The Kier molecular flexibility index (Phi) is 2.94. The minimum Gasteiger partial charge on any atom is -0.465 e. The summed E-state index contributed by atoms with van der Waals surface area (Å²) in [6, 6.07) is 4.66. The Morgan fingerprint density at radius 1 is 1.62 bits per heavy atom. The summed E-state index contributed by atoms with van der Waals surface area (Å²) in [4.78, 5) is 11.1. The summed E-state index contributed by atoms with van der Waals surface area (Å²) in [5.41, 5.74) is 0.893. The summed E-state index contributed by atoms with van der Waals surface area (Å²) in [5, 5.41) is 0.454. The van der Waals surface area contributed by atoms with Gasteiger partial charge in [-0.25, -0.2) is 4.79 Å². The number of hydrogen-bond donors (Lipinski definition) is 0. The second-order valence-corrected chi connectivity index (χ2v) is 2.74. The lowest BCUT2D eigenvalue weighted by Gasteiger charge is -2.00. The van der Waals surface area contributed by atoms with Crippen molar-refractivity contribution >= 4 is 17.6 Å². The molecule has 0 heterocycles. The molecule has 1 aromatic rings. The van der Waals surface area contributed by atoms with Crippen LogP contribution in [0.5, 0.6) is 0 Å². The van der Waals surface area contributed by atoms with E-state index in [1.165, 1.54) is 13.2 Å². The Morgan fingerprint density at radius 2 is 2.31 bits per heavy atom. The third kappa shape index (κ3) is 2.01. The number of terminal acetylenes is 1. The number of ether oxygens (including phenoxy) is 1. The van der Waals surface area contributed by atoms with Crippen molar-refractivity contribution in [2.45, 2.75) is 0 Å². The zero-order valence-electron chi connectivity index (χ0n) is 7.00. The van der Waals surface area contributed by atoms with Crippen LogP contribution in [0.4, 0.5) is 0 Å². The van der Waals surface area contributed by atoms with E-state index >= 15 is 0 Å². The Balaban J connectivity index is 3.15. The molecule has 0 saturated heterocycles. The highest BCUT2D eigenvalue weighted by Crippen LogP contribution is 2.16. The Hall–Kier alpha value is -1.46. The van der Waals surface area contributed by atoms with E-state index < -0.39 is 5.97 Å². The van der Waals surface area contributed by atoms with E-state index in [0.717, 1.165) is 0 Å². The predicted octanol–water partition coefficient (Wildman–Crippen LogP) is 2.11. The number of benzene rings is 1. The van der Waals surface area contributed by atoms with Gasteiger partial charge in [-0.3, -0.25) is 0 Å². The van der Waals surface area contributed by atoms with Gasteiger partial charge >= 0.3 is 5.97 Å². The van der Waals surface area contributed by atoms with Crippen LogP contribution in [0.15, 0.2) is 18.2 Å². The van der Waals surface area contributed by atoms with Crippen molar-refractivity contribution in [3.63, 3.8) is 0 Å². The molecular weight excluding hydrogens is 188 g/mol.